The van der Waals surface area contributed by atoms with Crippen molar-refractivity contribution in [3.05, 3.63) is 27.2 Å². The average molecular weight is 320 g/mol. The highest BCUT2D eigenvalue weighted by Gasteiger charge is 2.36. The molecule has 1 saturated heterocycles. The van der Waals surface area contributed by atoms with E-state index in [1.54, 1.807) is 6.07 Å². The highest BCUT2D eigenvalue weighted by Crippen LogP contribution is 2.44. The number of ether oxygens (including phenoxy) is 1. The summed E-state index contributed by atoms with van der Waals surface area (Å²) in [5.74, 6) is 0.549. The fourth-order valence-electron chi connectivity index (χ4n) is 2.41. The molecule has 2 rings (SSSR count). The Morgan fingerprint density at radius 3 is 2.65 bits per heavy atom. The number of carbonyl (C=O) groups is 1. The van der Waals surface area contributed by atoms with Crippen molar-refractivity contribution in [2.75, 3.05) is 26.8 Å². The monoisotopic (exact) mass is 319 g/mol. The van der Waals surface area contributed by atoms with Crippen LogP contribution in [-0.2, 0) is 6.42 Å². The molecule has 0 bridgehead atoms. The lowest BCUT2D eigenvalue weighted by Crippen LogP contribution is -2.48. The number of methoxy groups -OCH3 is 1. The Morgan fingerprint density at radius 1 is 1.50 bits per heavy atom. The third kappa shape index (κ3) is 2.66. The molecule has 1 fully saturated rings. The predicted molar refractivity (Wildman–Crippen MR) is 76.1 cm³/mol. The van der Waals surface area contributed by atoms with Gasteiger partial charge in [0.05, 0.1) is 17.2 Å². The van der Waals surface area contributed by atoms with Crippen molar-refractivity contribution >= 4 is 29.3 Å². The number of amides is 1. The topological polar surface area (TPSA) is 70.0 Å². The van der Waals surface area contributed by atoms with Crippen LogP contribution in [0.5, 0.6) is 5.75 Å². The van der Waals surface area contributed by atoms with Gasteiger partial charge in [0, 0.05) is 31.2 Å². The first-order valence-corrected chi connectivity index (χ1v) is 6.88. The minimum atomic E-state index is -0.950. The van der Waals surface area contributed by atoms with E-state index in [4.69, 9.17) is 38.2 Å². The standard InChI is InChI=1S/C13H15Cl2NO4/c1-20-12-7(2-3-17)4-9(14)11(15)10(12)8-5-16(6-8)13(18)19/h4,8,17H,2-3,5-6H2,1H3,(H,18,19). The molecule has 1 amide bonds. The molecule has 1 aliphatic heterocycles. The predicted octanol–water partition coefficient (Wildman–Crippen LogP) is 2.61. The molecule has 0 saturated carbocycles. The molecule has 110 valence electrons. The molecule has 2 N–H and O–H groups in total. The van der Waals surface area contributed by atoms with Gasteiger partial charge >= 0.3 is 6.09 Å². The minimum Gasteiger partial charge on any atom is -0.496 e. The summed E-state index contributed by atoms with van der Waals surface area (Å²) in [5.41, 5.74) is 1.50. The second-order valence-electron chi connectivity index (χ2n) is 4.64. The third-order valence-electron chi connectivity index (χ3n) is 3.43. The Hall–Kier alpha value is -1.17. The van der Waals surface area contributed by atoms with Crippen LogP contribution < -0.4 is 4.74 Å². The molecular formula is C13H15Cl2NO4. The number of aliphatic hydroxyl groups excluding tert-OH is 1. The summed E-state index contributed by atoms with van der Waals surface area (Å²) in [6.07, 6.45) is -0.545. The molecule has 5 nitrogen and oxygen atoms in total. The molecule has 1 aliphatic rings. The largest absolute Gasteiger partial charge is 0.496 e. The molecule has 0 atom stereocenters. The Morgan fingerprint density at radius 2 is 2.15 bits per heavy atom. The van der Waals surface area contributed by atoms with Gasteiger partial charge in [-0.15, -0.1) is 0 Å². The lowest BCUT2D eigenvalue weighted by Gasteiger charge is -2.38. The first-order valence-electron chi connectivity index (χ1n) is 6.13. The number of carboxylic acid groups (broad SMARTS) is 1. The summed E-state index contributed by atoms with van der Waals surface area (Å²) < 4.78 is 5.40. The van der Waals surface area contributed by atoms with E-state index in [1.807, 2.05) is 0 Å². The lowest BCUT2D eigenvalue weighted by molar-refractivity contribution is 0.105. The lowest BCUT2D eigenvalue weighted by atomic mass is 9.89. The molecule has 1 aromatic carbocycles. The molecule has 0 aliphatic carbocycles. The minimum absolute atomic E-state index is 0.0281. The molecule has 7 heteroatoms. The highest BCUT2D eigenvalue weighted by molar-refractivity contribution is 6.42. The van der Waals surface area contributed by atoms with Crippen LogP contribution in [0.15, 0.2) is 6.07 Å². The Bertz CT molecular complexity index is 530. The van der Waals surface area contributed by atoms with E-state index in [0.717, 1.165) is 11.1 Å². The maximum atomic E-state index is 10.8. The molecule has 0 aromatic heterocycles. The van der Waals surface area contributed by atoms with Crippen LogP contribution in [0, 0.1) is 0 Å². The maximum Gasteiger partial charge on any atom is 0.407 e. The van der Waals surface area contributed by atoms with Crippen molar-refractivity contribution in [3.63, 3.8) is 0 Å². The zero-order chi connectivity index (χ0) is 14.9. The number of rotatable bonds is 4. The SMILES string of the molecule is COc1c(CCO)cc(Cl)c(Cl)c1C1CN(C(=O)O)C1. The second-order valence-corrected chi connectivity index (χ2v) is 5.42. The molecular weight excluding hydrogens is 305 g/mol. The zero-order valence-electron chi connectivity index (χ0n) is 10.9. The van der Waals surface area contributed by atoms with E-state index in [2.05, 4.69) is 0 Å². The summed E-state index contributed by atoms with van der Waals surface area (Å²) in [6.45, 7) is 0.703. The number of likely N-dealkylation sites (tertiary alicyclic amines) is 1. The van der Waals surface area contributed by atoms with Crippen molar-refractivity contribution in [1.82, 2.24) is 4.90 Å². The summed E-state index contributed by atoms with van der Waals surface area (Å²) in [6, 6.07) is 1.68. The van der Waals surface area contributed by atoms with Crippen LogP contribution in [-0.4, -0.2) is 48.0 Å². The van der Waals surface area contributed by atoms with Gasteiger partial charge in [0.15, 0.2) is 0 Å². The number of halogens is 2. The van der Waals surface area contributed by atoms with Crippen LogP contribution in [0.1, 0.15) is 17.0 Å². The van der Waals surface area contributed by atoms with Gasteiger partial charge in [0.1, 0.15) is 5.75 Å². The van der Waals surface area contributed by atoms with E-state index in [9.17, 15) is 4.79 Å². The van der Waals surface area contributed by atoms with Gasteiger partial charge in [-0.2, -0.15) is 0 Å². The van der Waals surface area contributed by atoms with Gasteiger partial charge in [0.25, 0.3) is 0 Å². The second kappa shape index (κ2) is 6.08. The van der Waals surface area contributed by atoms with Crippen molar-refractivity contribution in [1.29, 1.82) is 0 Å². The van der Waals surface area contributed by atoms with E-state index >= 15 is 0 Å². The zero-order valence-corrected chi connectivity index (χ0v) is 12.4. The van der Waals surface area contributed by atoms with Crippen molar-refractivity contribution < 1.29 is 19.7 Å². The fourth-order valence-corrected chi connectivity index (χ4v) is 2.94. The van der Waals surface area contributed by atoms with Gasteiger partial charge in [-0.05, 0) is 18.1 Å². The van der Waals surface area contributed by atoms with Crippen molar-refractivity contribution in [2.24, 2.45) is 0 Å². The van der Waals surface area contributed by atoms with Crippen molar-refractivity contribution in [3.8, 4) is 5.75 Å². The summed E-state index contributed by atoms with van der Waals surface area (Å²) in [4.78, 5) is 12.1. The molecule has 1 heterocycles. The average Bonchev–Trinajstić information content (AvgIpc) is 2.33. The number of nitrogens with zero attached hydrogens (tertiary/aromatic N) is 1. The first-order chi connectivity index (χ1) is 9.49. The summed E-state index contributed by atoms with van der Waals surface area (Å²) >= 11 is 12.4. The van der Waals surface area contributed by atoms with E-state index in [1.165, 1.54) is 12.0 Å². The van der Waals surface area contributed by atoms with Gasteiger partial charge in [-0.25, -0.2) is 4.79 Å². The Balaban J connectivity index is 2.38. The number of hydrogen-bond donors (Lipinski definition) is 2. The summed E-state index contributed by atoms with van der Waals surface area (Å²) in [7, 11) is 1.53. The smallest absolute Gasteiger partial charge is 0.407 e. The number of hydrogen-bond acceptors (Lipinski definition) is 3. The number of aliphatic hydroxyl groups is 1. The van der Waals surface area contributed by atoms with Gasteiger partial charge in [-0.1, -0.05) is 23.2 Å². The molecule has 0 spiro atoms. The van der Waals surface area contributed by atoms with Crippen LogP contribution >= 0.6 is 23.2 Å². The summed E-state index contributed by atoms with van der Waals surface area (Å²) in [5, 5.41) is 18.8. The van der Waals surface area contributed by atoms with E-state index < -0.39 is 6.09 Å². The van der Waals surface area contributed by atoms with Crippen LogP contribution in [0.4, 0.5) is 4.79 Å². The van der Waals surface area contributed by atoms with Gasteiger partial charge < -0.3 is 19.8 Å². The molecule has 0 radical (unpaired) electrons. The van der Waals surface area contributed by atoms with Gasteiger partial charge in [-0.3, -0.25) is 0 Å². The molecule has 0 unspecified atom stereocenters. The van der Waals surface area contributed by atoms with Gasteiger partial charge in [0.2, 0.25) is 0 Å². The first kappa shape index (κ1) is 15.2. The Kier molecular flexibility index (Phi) is 4.62. The van der Waals surface area contributed by atoms with Crippen LogP contribution in [0.2, 0.25) is 10.0 Å². The van der Waals surface area contributed by atoms with Crippen LogP contribution in [0.3, 0.4) is 0 Å². The van der Waals surface area contributed by atoms with E-state index in [0.29, 0.717) is 35.3 Å². The van der Waals surface area contributed by atoms with Crippen LogP contribution in [0.25, 0.3) is 0 Å². The molecule has 1 aromatic rings. The third-order valence-corrected chi connectivity index (χ3v) is 4.23. The maximum absolute atomic E-state index is 10.8. The fraction of sp³-hybridized carbons (Fsp3) is 0.462. The number of benzene rings is 1. The molecule has 20 heavy (non-hydrogen) atoms. The van der Waals surface area contributed by atoms with Crippen molar-refractivity contribution in [2.45, 2.75) is 12.3 Å². The van der Waals surface area contributed by atoms with E-state index in [-0.39, 0.29) is 12.5 Å². The highest BCUT2D eigenvalue weighted by atomic mass is 35.5. The normalized spacial score (nSPS) is 15.1. The quantitative estimate of drug-likeness (QED) is 0.895. The Labute approximate surface area is 126 Å².